The Morgan fingerprint density at radius 1 is 1.06 bits per heavy atom. The van der Waals surface area contributed by atoms with Crippen LogP contribution in [0, 0.1) is 6.92 Å². The van der Waals surface area contributed by atoms with E-state index in [9.17, 15) is 22.8 Å². The van der Waals surface area contributed by atoms with Crippen LogP contribution < -0.4 is 11.0 Å². The van der Waals surface area contributed by atoms with Gasteiger partial charge in [0.2, 0.25) is 5.91 Å². The van der Waals surface area contributed by atoms with Crippen LogP contribution in [-0.4, -0.2) is 42.1 Å². The molecule has 0 saturated heterocycles. The van der Waals surface area contributed by atoms with Crippen molar-refractivity contribution in [3.8, 4) is 16.9 Å². The van der Waals surface area contributed by atoms with Crippen LogP contribution in [-0.2, 0) is 11.3 Å². The van der Waals surface area contributed by atoms with Crippen molar-refractivity contribution >= 4 is 22.5 Å². The SMILES string of the molecule is Cc1cccc2c1n(-c1ccc(-c3cccn4cncc34)nc1)c(=O)n2CC(=O)NCC(F)(F)F. The Morgan fingerprint density at radius 2 is 1.89 bits per heavy atom. The summed E-state index contributed by atoms with van der Waals surface area (Å²) in [6, 6.07) is 12.5. The van der Waals surface area contributed by atoms with Gasteiger partial charge in [-0.25, -0.2) is 9.78 Å². The number of rotatable bonds is 5. The van der Waals surface area contributed by atoms with E-state index in [-0.39, 0.29) is 0 Å². The summed E-state index contributed by atoms with van der Waals surface area (Å²) in [6.45, 7) is -0.196. The fourth-order valence-electron chi connectivity index (χ4n) is 4.11. The predicted octanol–water partition coefficient (Wildman–Crippen LogP) is 3.49. The normalized spacial score (nSPS) is 11.9. The molecule has 0 saturated carbocycles. The Hall–Kier alpha value is -4.41. The first kappa shape index (κ1) is 22.4. The van der Waals surface area contributed by atoms with Crippen LogP contribution in [0.4, 0.5) is 13.2 Å². The van der Waals surface area contributed by atoms with Crippen LogP contribution >= 0.6 is 0 Å². The van der Waals surface area contributed by atoms with Crippen molar-refractivity contribution in [2.24, 2.45) is 0 Å². The Bertz CT molecular complexity index is 1610. The average molecular weight is 480 g/mol. The molecule has 0 aliphatic rings. The van der Waals surface area contributed by atoms with E-state index < -0.39 is 30.9 Å². The average Bonchev–Trinajstić information content (AvgIpc) is 3.41. The predicted molar refractivity (Wildman–Crippen MR) is 123 cm³/mol. The van der Waals surface area contributed by atoms with E-state index in [2.05, 4.69) is 9.97 Å². The second-order valence-electron chi connectivity index (χ2n) is 8.05. The van der Waals surface area contributed by atoms with Gasteiger partial charge in [-0.1, -0.05) is 12.1 Å². The number of benzene rings is 1. The van der Waals surface area contributed by atoms with Gasteiger partial charge in [0.1, 0.15) is 13.1 Å². The second-order valence-corrected chi connectivity index (χ2v) is 8.05. The number of aromatic nitrogens is 5. The molecule has 5 aromatic rings. The minimum absolute atomic E-state index is 0.435. The number of hydrogen-bond acceptors (Lipinski definition) is 4. The van der Waals surface area contributed by atoms with E-state index in [1.807, 2.05) is 41.0 Å². The highest BCUT2D eigenvalue weighted by Crippen LogP contribution is 2.25. The number of pyridine rings is 2. The molecule has 1 amide bonds. The number of aryl methyl sites for hydroxylation is 1. The third-order valence-corrected chi connectivity index (χ3v) is 5.67. The van der Waals surface area contributed by atoms with E-state index in [1.54, 1.807) is 43.0 Å². The van der Waals surface area contributed by atoms with E-state index in [0.717, 1.165) is 21.2 Å². The van der Waals surface area contributed by atoms with E-state index in [0.29, 0.717) is 22.4 Å². The molecule has 4 aromatic heterocycles. The number of nitrogens with zero attached hydrogens (tertiary/aromatic N) is 5. The first-order valence-electron chi connectivity index (χ1n) is 10.6. The number of hydrogen-bond donors (Lipinski definition) is 1. The third-order valence-electron chi connectivity index (χ3n) is 5.67. The van der Waals surface area contributed by atoms with Gasteiger partial charge in [0.05, 0.1) is 46.7 Å². The number of alkyl halides is 3. The molecule has 8 nitrogen and oxygen atoms in total. The largest absolute Gasteiger partial charge is 0.405 e. The molecule has 0 radical (unpaired) electrons. The van der Waals surface area contributed by atoms with Gasteiger partial charge < -0.3 is 9.72 Å². The van der Waals surface area contributed by atoms with Crippen LogP contribution in [0.2, 0.25) is 0 Å². The molecule has 5 rings (SSSR count). The molecule has 0 aliphatic heterocycles. The van der Waals surface area contributed by atoms with Gasteiger partial charge in [0.25, 0.3) is 0 Å². The first-order valence-corrected chi connectivity index (χ1v) is 10.6. The summed E-state index contributed by atoms with van der Waals surface area (Å²) in [7, 11) is 0. The summed E-state index contributed by atoms with van der Waals surface area (Å²) in [5.74, 6) is -0.910. The lowest BCUT2D eigenvalue weighted by molar-refractivity contribution is -0.138. The van der Waals surface area contributed by atoms with E-state index in [4.69, 9.17) is 0 Å². The van der Waals surface area contributed by atoms with Crippen LogP contribution in [0.3, 0.4) is 0 Å². The molecule has 0 atom stereocenters. The maximum Gasteiger partial charge on any atom is 0.405 e. The quantitative estimate of drug-likeness (QED) is 0.417. The highest BCUT2D eigenvalue weighted by molar-refractivity contribution is 5.84. The topological polar surface area (TPSA) is 86.2 Å². The molecule has 0 aliphatic carbocycles. The lowest BCUT2D eigenvalue weighted by atomic mass is 10.1. The lowest BCUT2D eigenvalue weighted by Crippen LogP contribution is -2.37. The fourth-order valence-corrected chi connectivity index (χ4v) is 4.11. The van der Waals surface area contributed by atoms with E-state index in [1.165, 1.54) is 4.57 Å². The van der Waals surface area contributed by atoms with Crippen molar-refractivity contribution in [3.63, 3.8) is 0 Å². The highest BCUT2D eigenvalue weighted by atomic mass is 19.4. The van der Waals surface area contributed by atoms with E-state index >= 15 is 0 Å². The summed E-state index contributed by atoms with van der Waals surface area (Å²) in [5, 5.41) is 1.81. The number of imidazole rings is 2. The number of para-hydroxylation sites is 1. The number of amides is 1. The minimum atomic E-state index is -4.54. The number of carbonyl (C=O) groups excluding carboxylic acids is 1. The monoisotopic (exact) mass is 480 g/mol. The number of halogens is 3. The van der Waals surface area contributed by atoms with Gasteiger partial charge in [-0.3, -0.25) is 18.9 Å². The number of nitrogens with one attached hydrogen (secondary N) is 1. The zero-order valence-electron chi connectivity index (χ0n) is 18.5. The standard InChI is InChI=1S/C24H19F3N6O2/c1-15-4-2-6-19-22(15)33(23(35)32(19)12-21(34)30-13-24(25,26)27)16-7-8-18(29-10-16)17-5-3-9-31-14-28-11-20(17)31/h2-11,14H,12-13H2,1H3,(H,30,34). The van der Waals surface area contributed by atoms with Crippen LogP contribution in [0.25, 0.3) is 33.5 Å². The fraction of sp³-hybridized carbons (Fsp3) is 0.167. The second kappa shape index (κ2) is 8.42. The van der Waals surface area contributed by atoms with Crippen molar-refractivity contribution in [1.82, 2.24) is 28.8 Å². The molecule has 11 heteroatoms. The van der Waals surface area contributed by atoms with Gasteiger partial charge in [0, 0.05) is 11.8 Å². The summed E-state index contributed by atoms with van der Waals surface area (Å²) >= 11 is 0. The zero-order valence-corrected chi connectivity index (χ0v) is 18.5. The van der Waals surface area contributed by atoms with Gasteiger partial charge in [-0.2, -0.15) is 13.2 Å². The van der Waals surface area contributed by atoms with Crippen LogP contribution in [0.1, 0.15) is 5.56 Å². The third kappa shape index (κ3) is 4.16. The van der Waals surface area contributed by atoms with Gasteiger partial charge >= 0.3 is 11.9 Å². The Balaban J connectivity index is 1.56. The molecule has 0 unspecified atom stereocenters. The van der Waals surface area contributed by atoms with Crippen molar-refractivity contribution in [1.29, 1.82) is 0 Å². The molecule has 0 bridgehead atoms. The Kier molecular flexibility index (Phi) is 5.39. The number of fused-ring (bicyclic) bond motifs is 2. The summed E-state index contributed by atoms with van der Waals surface area (Å²) in [5.41, 5.74) is 4.09. The molecule has 4 heterocycles. The van der Waals surface area contributed by atoms with Crippen molar-refractivity contribution in [3.05, 3.63) is 83.4 Å². The van der Waals surface area contributed by atoms with Crippen LogP contribution in [0.5, 0.6) is 0 Å². The van der Waals surface area contributed by atoms with Crippen molar-refractivity contribution in [2.45, 2.75) is 19.6 Å². The number of carbonyl (C=O) groups is 1. The Morgan fingerprint density at radius 3 is 2.63 bits per heavy atom. The maximum atomic E-state index is 13.4. The molecule has 35 heavy (non-hydrogen) atoms. The van der Waals surface area contributed by atoms with Crippen LogP contribution in [0.15, 0.2) is 72.2 Å². The van der Waals surface area contributed by atoms with Crippen molar-refractivity contribution in [2.75, 3.05) is 6.54 Å². The maximum absolute atomic E-state index is 13.4. The molecule has 1 aromatic carbocycles. The first-order chi connectivity index (χ1) is 16.7. The van der Waals surface area contributed by atoms with Crippen molar-refractivity contribution < 1.29 is 18.0 Å². The lowest BCUT2D eigenvalue weighted by Gasteiger charge is -2.08. The van der Waals surface area contributed by atoms with Gasteiger partial charge in [-0.15, -0.1) is 0 Å². The molecule has 0 spiro atoms. The molecule has 178 valence electrons. The molecular formula is C24H19F3N6O2. The summed E-state index contributed by atoms with van der Waals surface area (Å²) in [6.07, 6.45) is 2.31. The van der Waals surface area contributed by atoms with Gasteiger partial charge in [0.15, 0.2) is 0 Å². The smallest absolute Gasteiger partial charge is 0.345 e. The highest BCUT2D eigenvalue weighted by Gasteiger charge is 2.28. The molecular weight excluding hydrogens is 461 g/mol. The minimum Gasteiger partial charge on any atom is -0.345 e. The zero-order chi connectivity index (χ0) is 24.7. The summed E-state index contributed by atoms with van der Waals surface area (Å²) in [4.78, 5) is 34.2. The Labute approximate surface area is 196 Å². The molecule has 0 fully saturated rings. The van der Waals surface area contributed by atoms with Gasteiger partial charge in [-0.05, 0) is 42.8 Å². The summed E-state index contributed by atoms with van der Waals surface area (Å²) < 4.78 is 41.9. The molecule has 1 N–H and O–H groups in total.